The summed E-state index contributed by atoms with van der Waals surface area (Å²) in [5.41, 5.74) is 0.0370. The van der Waals surface area contributed by atoms with E-state index in [2.05, 4.69) is 0 Å². The molecule has 0 N–H and O–H groups in total. The number of nitrogens with zero attached hydrogens (tertiary/aromatic N) is 3. The number of benzene rings is 1. The molecule has 2 heterocycles. The standard InChI is InChI=1S/C18H21N3O6/c1-2-27-18(24)12-6-8-19(9-7-12)15-11-16(22)20(17(15)23)13-4-3-5-14(10-13)21(25)26/h3-5,10,12,15H,2,6-9,11H2,1H3. The van der Waals surface area contributed by atoms with Crippen LogP contribution in [0.25, 0.3) is 0 Å². The minimum atomic E-state index is -0.597. The molecule has 2 saturated heterocycles. The average Bonchev–Trinajstić information content (AvgIpc) is 2.96. The van der Waals surface area contributed by atoms with Crippen molar-refractivity contribution in [2.45, 2.75) is 32.2 Å². The first-order valence-electron chi connectivity index (χ1n) is 8.94. The Bertz CT molecular complexity index is 772. The zero-order chi connectivity index (χ0) is 19.6. The van der Waals surface area contributed by atoms with Crippen molar-refractivity contribution < 1.29 is 24.0 Å². The van der Waals surface area contributed by atoms with Crippen molar-refractivity contribution >= 4 is 29.2 Å². The number of nitro benzene ring substituents is 1. The van der Waals surface area contributed by atoms with Gasteiger partial charge in [0.05, 0.1) is 35.6 Å². The number of esters is 1. The number of amides is 2. The van der Waals surface area contributed by atoms with Crippen LogP contribution in [-0.2, 0) is 19.1 Å². The third kappa shape index (κ3) is 3.82. The summed E-state index contributed by atoms with van der Waals surface area (Å²) < 4.78 is 5.04. The van der Waals surface area contributed by atoms with Crippen molar-refractivity contribution in [1.29, 1.82) is 0 Å². The highest BCUT2D eigenvalue weighted by atomic mass is 16.6. The van der Waals surface area contributed by atoms with E-state index in [1.54, 1.807) is 6.92 Å². The van der Waals surface area contributed by atoms with Crippen molar-refractivity contribution in [3.8, 4) is 0 Å². The molecule has 27 heavy (non-hydrogen) atoms. The summed E-state index contributed by atoms with van der Waals surface area (Å²) in [4.78, 5) is 50.4. The Morgan fingerprint density at radius 3 is 2.63 bits per heavy atom. The second kappa shape index (κ2) is 7.83. The van der Waals surface area contributed by atoms with Gasteiger partial charge < -0.3 is 4.74 Å². The van der Waals surface area contributed by atoms with Crippen molar-refractivity contribution in [3.05, 3.63) is 34.4 Å². The van der Waals surface area contributed by atoms with E-state index in [1.165, 1.54) is 24.3 Å². The number of nitro groups is 1. The van der Waals surface area contributed by atoms with Crippen molar-refractivity contribution in [2.24, 2.45) is 5.92 Å². The highest BCUT2D eigenvalue weighted by molar-refractivity contribution is 6.22. The predicted octanol–water partition coefficient (Wildman–Crippen LogP) is 1.50. The summed E-state index contributed by atoms with van der Waals surface area (Å²) in [6.45, 7) is 3.15. The quantitative estimate of drug-likeness (QED) is 0.332. The SMILES string of the molecule is CCOC(=O)C1CCN(C2CC(=O)N(c3cccc([N+](=O)[O-])c3)C2=O)CC1. The van der Waals surface area contributed by atoms with Crippen LogP contribution in [0.1, 0.15) is 26.2 Å². The topological polar surface area (TPSA) is 110 Å². The molecule has 1 aromatic carbocycles. The van der Waals surface area contributed by atoms with E-state index >= 15 is 0 Å². The Morgan fingerprint density at radius 1 is 1.30 bits per heavy atom. The molecule has 2 aliphatic rings. The van der Waals surface area contributed by atoms with Gasteiger partial charge in [0.1, 0.15) is 0 Å². The zero-order valence-corrected chi connectivity index (χ0v) is 15.0. The van der Waals surface area contributed by atoms with Crippen LogP contribution in [0.3, 0.4) is 0 Å². The number of anilines is 1. The van der Waals surface area contributed by atoms with Crippen molar-refractivity contribution in [3.63, 3.8) is 0 Å². The number of rotatable bonds is 5. The molecule has 2 amide bonds. The van der Waals surface area contributed by atoms with Gasteiger partial charge in [-0.15, -0.1) is 0 Å². The summed E-state index contributed by atoms with van der Waals surface area (Å²) in [5.74, 6) is -1.15. The molecule has 9 heteroatoms. The van der Waals surface area contributed by atoms with Crippen molar-refractivity contribution in [1.82, 2.24) is 4.90 Å². The number of ether oxygens (including phenoxy) is 1. The monoisotopic (exact) mass is 375 g/mol. The lowest BCUT2D eigenvalue weighted by molar-refractivity contribution is -0.384. The predicted molar refractivity (Wildman–Crippen MR) is 94.9 cm³/mol. The molecule has 0 aromatic heterocycles. The van der Waals surface area contributed by atoms with E-state index in [9.17, 15) is 24.5 Å². The molecule has 0 aliphatic carbocycles. The third-order valence-corrected chi connectivity index (χ3v) is 5.01. The second-order valence-corrected chi connectivity index (χ2v) is 6.63. The largest absolute Gasteiger partial charge is 0.466 e. The fourth-order valence-corrected chi connectivity index (χ4v) is 3.63. The summed E-state index contributed by atoms with van der Waals surface area (Å²) in [6, 6.07) is 4.90. The van der Waals surface area contributed by atoms with Crippen LogP contribution >= 0.6 is 0 Å². The molecular formula is C18H21N3O6. The molecular weight excluding hydrogens is 354 g/mol. The fraction of sp³-hybridized carbons (Fsp3) is 0.500. The van der Waals surface area contributed by atoms with Gasteiger partial charge in [-0.2, -0.15) is 0 Å². The van der Waals surface area contributed by atoms with E-state index in [0.29, 0.717) is 32.5 Å². The smallest absolute Gasteiger partial charge is 0.309 e. The van der Waals surface area contributed by atoms with Crippen LogP contribution in [0.5, 0.6) is 0 Å². The lowest BCUT2D eigenvalue weighted by Gasteiger charge is -2.33. The Kier molecular flexibility index (Phi) is 5.50. The van der Waals surface area contributed by atoms with Crippen molar-refractivity contribution in [2.75, 3.05) is 24.6 Å². The fourth-order valence-electron chi connectivity index (χ4n) is 3.63. The molecule has 0 saturated carbocycles. The molecule has 1 unspecified atom stereocenters. The number of non-ortho nitro benzene ring substituents is 1. The van der Waals surface area contributed by atoms with Gasteiger partial charge in [-0.3, -0.25) is 29.4 Å². The van der Waals surface area contributed by atoms with E-state index in [-0.39, 0.29) is 41.5 Å². The Hall–Kier alpha value is -2.81. The Balaban J connectivity index is 1.69. The summed E-state index contributed by atoms with van der Waals surface area (Å²) in [6.07, 6.45) is 1.19. The molecule has 9 nitrogen and oxygen atoms in total. The summed E-state index contributed by atoms with van der Waals surface area (Å²) in [5, 5.41) is 10.9. The molecule has 2 aliphatic heterocycles. The van der Waals surface area contributed by atoms with Gasteiger partial charge in [-0.1, -0.05) is 6.07 Å². The first-order valence-corrected chi connectivity index (χ1v) is 8.94. The van der Waals surface area contributed by atoms with Gasteiger partial charge in [0.2, 0.25) is 5.91 Å². The number of carbonyl (C=O) groups excluding carboxylic acids is 3. The minimum Gasteiger partial charge on any atom is -0.466 e. The van der Waals surface area contributed by atoms with Crippen LogP contribution in [0.4, 0.5) is 11.4 Å². The van der Waals surface area contributed by atoms with Crippen LogP contribution < -0.4 is 4.90 Å². The lowest BCUT2D eigenvalue weighted by Crippen LogP contribution is -2.47. The minimum absolute atomic E-state index is 0.0333. The zero-order valence-electron chi connectivity index (χ0n) is 15.0. The number of hydrogen-bond donors (Lipinski definition) is 0. The number of imide groups is 1. The molecule has 0 radical (unpaired) electrons. The molecule has 0 bridgehead atoms. The summed E-state index contributed by atoms with van der Waals surface area (Å²) >= 11 is 0. The van der Waals surface area contributed by atoms with Crippen LogP contribution in [0.2, 0.25) is 0 Å². The highest BCUT2D eigenvalue weighted by Crippen LogP contribution is 2.30. The van der Waals surface area contributed by atoms with Gasteiger partial charge in [-0.05, 0) is 38.9 Å². The highest BCUT2D eigenvalue weighted by Gasteiger charge is 2.44. The number of likely N-dealkylation sites (tertiary alicyclic amines) is 1. The van der Waals surface area contributed by atoms with Gasteiger partial charge in [0, 0.05) is 12.1 Å². The van der Waals surface area contributed by atoms with Crippen LogP contribution in [-0.4, -0.2) is 53.3 Å². The van der Waals surface area contributed by atoms with Gasteiger partial charge in [0.25, 0.3) is 11.6 Å². The third-order valence-electron chi connectivity index (χ3n) is 5.01. The van der Waals surface area contributed by atoms with E-state index < -0.39 is 11.0 Å². The molecule has 1 atom stereocenters. The van der Waals surface area contributed by atoms with E-state index in [0.717, 1.165) is 4.90 Å². The van der Waals surface area contributed by atoms with Gasteiger partial charge >= 0.3 is 5.97 Å². The summed E-state index contributed by atoms with van der Waals surface area (Å²) in [7, 11) is 0. The first kappa shape index (κ1) is 19.0. The lowest BCUT2D eigenvalue weighted by atomic mass is 9.95. The normalized spacial score (nSPS) is 21.5. The molecule has 3 rings (SSSR count). The Morgan fingerprint density at radius 2 is 2.00 bits per heavy atom. The van der Waals surface area contributed by atoms with E-state index in [4.69, 9.17) is 4.74 Å². The second-order valence-electron chi connectivity index (χ2n) is 6.63. The van der Waals surface area contributed by atoms with Gasteiger partial charge in [0.15, 0.2) is 0 Å². The maximum atomic E-state index is 12.8. The molecule has 1 aromatic rings. The molecule has 144 valence electrons. The number of hydrogen-bond acceptors (Lipinski definition) is 7. The first-order chi connectivity index (χ1) is 12.9. The maximum absolute atomic E-state index is 12.8. The molecule has 2 fully saturated rings. The van der Waals surface area contributed by atoms with E-state index in [1.807, 2.05) is 4.90 Å². The van der Waals surface area contributed by atoms with Gasteiger partial charge in [-0.25, -0.2) is 4.90 Å². The number of carbonyl (C=O) groups is 3. The Labute approximate surface area is 156 Å². The van der Waals surface area contributed by atoms with Crippen LogP contribution in [0.15, 0.2) is 24.3 Å². The number of piperidine rings is 1. The van der Waals surface area contributed by atoms with Crippen LogP contribution in [0, 0.1) is 16.0 Å². The molecule has 0 spiro atoms. The maximum Gasteiger partial charge on any atom is 0.309 e. The average molecular weight is 375 g/mol.